The van der Waals surface area contributed by atoms with E-state index in [1.54, 1.807) is 6.92 Å². The SMILES string of the molecule is C[C@H](N)C1OC(CC2C(O)C(N)CC(N)C2OC2OC([C@@H](C)O)C(O)C(O)C2N)C(O)C1O. The third kappa shape index (κ3) is 5.35. The lowest BCUT2D eigenvalue weighted by molar-refractivity contribution is -0.298. The van der Waals surface area contributed by atoms with Crippen molar-refractivity contribution >= 4 is 0 Å². The fourth-order valence-electron chi connectivity index (χ4n) is 5.15. The molecule has 33 heavy (non-hydrogen) atoms. The van der Waals surface area contributed by atoms with E-state index in [0.717, 1.165) is 0 Å². The fraction of sp³-hybridized carbons (Fsp3) is 1.00. The van der Waals surface area contributed by atoms with Crippen LogP contribution in [0.25, 0.3) is 0 Å². The minimum absolute atomic E-state index is 0.0433. The topological polar surface area (TPSA) is 253 Å². The van der Waals surface area contributed by atoms with Crippen molar-refractivity contribution in [1.29, 1.82) is 0 Å². The van der Waals surface area contributed by atoms with Crippen molar-refractivity contribution in [3.05, 3.63) is 0 Å². The molecule has 2 saturated heterocycles. The molecule has 14 N–H and O–H groups in total. The van der Waals surface area contributed by atoms with E-state index >= 15 is 0 Å². The Labute approximate surface area is 192 Å². The molecule has 0 aromatic heterocycles. The number of nitrogens with two attached hydrogens (primary N) is 4. The van der Waals surface area contributed by atoms with E-state index in [1.807, 2.05) is 0 Å². The van der Waals surface area contributed by atoms with Gasteiger partial charge in [-0.05, 0) is 26.7 Å². The highest BCUT2D eigenvalue weighted by molar-refractivity contribution is 5.03. The Morgan fingerprint density at radius 3 is 2.00 bits per heavy atom. The first-order valence-corrected chi connectivity index (χ1v) is 11.4. The largest absolute Gasteiger partial charge is 0.391 e. The second-order valence-electron chi connectivity index (χ2n) is 9.80. The van der Waals surface area contributed by atoms with Gasteiger partial charge in [-0.25, -0.2) is 0 Å². The normalized spacial score (nSPS) is 53.1. The third-order valence-electron chi connectivity index (χ3n) is 7.14. The molecular formula is C20H40N4O9. The number of hydrogen-bond donors (Lipinski definition) is 10. The van der Waals surface area contributed by atoms with Gasteiger partial charge in [0.2, 0.25) is 0 Å². The highest BCUT2D eigenvalue weighted by atomic mass is 16.7. The summed E-state index contributed by atoms with van der Waals surface area (Å²) in [5.74, 6) is -0.743. The first-order chi connectivity index (χ1) is 15.3. The first kappa shape index (κ1) is 27.1. The van der Waals surface area contributed by atoms with E-state index in [9.17, 15) is 30.6 Å². The van der Waals surface area contributed by atoms with E-state index in [0.29, 0.717) is 0 Å². The van der Waals surface area contributed by atoms with Crippen molar-refractivity contribution < 1.29 is 44.8 Å². The molecule has 3 aliphatic rings. The van der Waals surface area contributed by atoms with Crippen LogP contribution in [0.4, 0.5) is 0 Å². The minimum Gasteiger partial charge on any atom is -0.391 e. The molecule has 0 bridgehead atoms. The van der Waals surface area contributed by atoms with Crippen LogP contribution in [0.2, 0.25) is 0 Å². The molecule has 14 unspecified atom stereocenters. The summed E-state index contributed by atoms with van der Waals surface area (Å²) in [6.45, 7) is 3.04. The number of hydrogen-bond acceptors (Lipinski definition) is 13. The van der Waals surface area contributed by atoms with Crippen molar-refractivity contribution in [2.24, 2.45) is 28.9 Å². The molecular weight excluding hydrogens is 440 g/mol. The van der Waals surface area contributed by atoms with Crippen molar-refractivity contribution in [3.63, 3.8) is 0 Å². The van der Waals surface area contributed by atoms with Gasteiger partial charge in [-0.2, -0.15) is 0 Å². The summed E-state index contributed by atoms with van der Waals surface area (Å²) in [6.07, 6.45) is -12.2. The average molecular weight is 481 g/mol. The van der Waals surface area contributed by atoms with Gasteiger partial charge in [-0.1, -0.05) is 0 Å². The van der Waals surface area contributed by atoms with E-state index in [1.165, 1.54) is 6.92 Å². The highest BCUT2D eigenvalue weighted by Crippen LogP contribution is 2.36. The Morgan fingerprint density at radius 1 is 0.848 bits per heavy atom. The fourth-order valence-corrected chi connectivity index (χ4v) is 5.15. The van der Waals surface area contributed by atoms with Gasteiger partial charge < -0.3 is 67.8 Å². The molecule has 0 radical (unpaired) electrons. The van der Waals surface area contributed by atoms with Crippen LogP contribution in [0.3, 0.4) is 0 Å². The summed E-state index contributed by atoms with van der Waals surface area (Å²) in [7, 11) is 0. The van der Waals surface area contributed by atoms with Gasteiger partial charge in [0.25, 0.3) is 0 Å². The van der Waals surface area contributed by atoms with Gasteiger partial charge in [0.05, 0.1) is 30.5 Å². The number of rotatable bonds is 6. The molecule has 3 fully saturated rings. The van der Waals surface area contributed by atoms with Crippen LogP contribution in [0.15, 0.2) is 0 Å². The number of aliphatic hydroxyl groups is 6. The summed E-state index contributed by atoms with van der Waals surface area (Å²) in [5.41, 5.74) is 24.2. The molecule has 0 aromatic rings. The molecule has 0 spiro atoms. The van der Waals surface area contributed by atoms with Gasteiger partial charge in [-0.15, -0.1) is 0 Å². The minimum atomic E-state index is -1.43. The van der Waals surface area contributed by atoms with Crippen molar-refractivity contribution in [3.8, 4) is 0 Å². The monoisotopic (exact) mass is 480 g/mol. The first-order valence-electron chi connectivity index (χ1n) is 11.4. The molecule has 3 rings (SSSR count). The molecule has 2 heterocycles. The molecule has 1 aliphatic carbocycles. The lowest BCUT2D eigenvalue weighted by atomic mass is 9.75. The van der Waals surface area contributed by atoms with Crippen LogP contribution in [0.1, 0.15) is 26.7 Å². The van der Waals surface area contributed by atoms with E-state index < -0.39 is 97.4 Å². The number of aliphatic hydroxyl groups excluding tert-OH is 6. The Hall–Kier alpha value is -0.520. The lowest BCUT2D eigenvalue weighted by Gasteiger charge is -2.48. The van der Waals surface area contributed by atoms with Crippen molar-refractivity contribution in [1.82, 2.24) is 0 Å². The molecule has 13 nitrogen and oxygen atoms in total. The molecule has 194 valence electrons. The van der Waals surface area contributed by atoms with Gasteiger partial charge in [-0.3, -0.25) is 0 Å². The lowest BCUT2D eigenvalue weighted by Crippen LogP contribution is -2.67. The maximum absolute atomic E-state index is 10.9. The predicted molar refractivity (Wildman–Crippen MR) is 114 cm³/mol. The molecule has 0 amide bonds. The van der Waals surface area contributed by atoms with E-state index in [-0.39, 0.29) is 12.8 Å². The molecule has 13 heteroatoms. The summed E-state index contributed by atoms with van der Waals surface area (Å²) < 4.78 is 17.5. The molecule has 16 atom stereocenters. The van der Waals surface area contributed by atoms with Crippen LogP contribution in [0, 0.1) is 5.92 Å². The van der Waals surface area contributed by atoms with Crippen LogP contribution in [-0.2, 0) is 14.2 Å². The van der Waals surface area contributed by atoms with Gasteiger partial charge in [0.15, 0.2) is 6.29 Å². The average Bonchev–Trinajstić information content (AvgIpc) is 3.02. The van der Waals surface area contributed by atoms with E-state index in [4.69, 9.17) is 37.1 Å². The predicted octanol–water partition coefficient (Wildman–Crippen LogP) is -5.21. The van der Waals surface area contributed by atoms with E-state index in [2.05, 4.69) is 0 Å². The molecule has 2 aliphatic heterocycles. The highest BCUT2D eigenvalue weighted by Gasteiger charge is 2.52. The standard InChI is InChI=1S/C20H40N4O9/c1-5(21)17-15(29)13(27)10(31-17)3-7-12(26)8(22)4-9(23)19(7)33-20-11(24)14(28)16(30)18(32-20)6(2)25/h5-20,25-30H,3-4,21-24H2,1-2H3/t5-,6+,7?,8?,9?,10?,11?,12?,13?,14?,15?,16?,17?,18?,19?,20?/m0/s1. The van der Waals surface area contributed by atoms with Gasteiger partial charge in [0, 0.05) is 24.0 Å². The zero-order valence-corrected chi connectivity index (χ0v) is 18.9. The Bertz CT molecular complexity index is 647. The maximum atomic E-state index is 10.9. The van der Waals surface area contributed by atoms with Gasteiger partial charge in [0.1, 0.15) is 36.6 Å². The third-order valence-corrected chi connectivity index (χ3v) is 7.14. The summed E-state index contributed by atoms with van der Waals surface area (Å²) in [5, 5.41) is 62.0. The van der Waals surface area contributed by atoms with Crippen LogP contribution in [-0.4, -0.2) is 122 Å². The maximum Gasteiger partial charge on any atom is 0.176 e. The molecule has 1 saturated carbocycles. The Kier molecular flexibility index (Phi) is 8.71. The Morgan fingerprint density at radius 2 is 1.45 bits per heavy atom. The summed E-state index contributed by atoms with van der Waals surface area (Å²) in [6, 6.07) is -3.03. The van der Waals surface area contributed by atoms with Crippen molar-refractivity contribution in [2.45, 2.75) is 118 Å². The zero-order chi connectivity index (χ0) is 24.8. The van der Waals surface area contributed by atoms with Gasteiger partial charge >= 0.3 is 0 Å². The van der Waals surface area contributed by atoms with Crippen LogP contribution < -0.4 is 22.9 Å². The second kappa shape index (κ2) is 10.6. The quantitative estimate of drug-likeness (QED) is 0.171. The molecule has 0 aromatic carbocycles. The second-order valence-corrected chi connectivity index (χ2v) is 9.80. The number of ether oxygens (including phenoxy) is 3. The van der Waals surface area contributed by atoms with Crippen molar-refractivity contribution in [2.75, 3.05) is 0 Å². The smallest absolute Gasteiger partial charge is 0.176 e. The van der Waals surface area contributed by atoms with Crippen LogP contribution in [0.5, 0.6) is 0 Å². The van der Waals surface area contributed by atoms with Crippen LogP contribution >= 0.6 is 0 Å². The summed E-state index contributed by atoms with van der Waals surface area (Å²) >= 11 is 0. The zero-order valence-electron chi connectivity index (χ0n) is 18.9. The Balaban J connectivity index is 1.80. The summed E-state index contributed by atoms with van der Waals surface area (Å²) in [4.78, 5) is 0.